The second kappa shape index (κ2) is 6.02. The maximum absolute atomic E-state index is 13.6. The fraction of sp³-hybridized carbons (Fsp3) is 0.133. The number of methoxy groups -OCH3 is 1. The Hall–Kier alpha value is -2.61. The quantitative estimate of drug-likeness (QED) is 0.928. The summed E-state index contributed by atoms with van der Waals surface area (Å²) in [5.41, 5.74) is 0.867. The van der Waals surface area contributed by atoms with Crippen LogP contribution in [0.4, 0.5) is 14.5 Å². The highest BCUT2D eigenvalue weighted by molar-refractivity contribution is 5.50. The van der Waals surface area contributed by atoms with E-state index in [1.807, 2.05) is 6.07 Å². The number of nitriles is 1. The van der Waals surface area contributed by atoms with Gasteiger partial charge in [0, 0.05) is 18.2 Å². The van der Waals surface area contributed by atoms with E-state index in [0.717, 1.165) is 0 Å². The summed E-state index contributed by atoms with van der Waals surface area (Å²) in [7, 11) is 1.48. The third kappa shape index (κ3) is 3.04. The third-order valence-electron chi connectivity index (χ3n) is 2.82. The molecular weight excluding hydrogens is 262 g/mol. The lowest BCUT2D eigenvalue weighted by Crippen LogP contribution is -2.04. The van der Waals surface area contributed by atoms with Crippen LogP contribution in [0.1, 0.15) is 11.1 Å². The zero-order valence-corrected chi connectivity index (χ0v) is 10.8. The standard InChI is InChI=1S/C15H12F2N2O/c1-20-12-3-5-14(17)15(7-12)19-9-11-6-10(8-18)2-4-13(11)16/h2-7,19H,9H2,1H3. The van der Waals surface area contributed by atoms with Crippen molar-refractivity contribution in [2.24, 2.45) is 0 Å². The predicted molar refractivity (Wildman–Crippen MR) is 71.4 cm³/mol. The van der Waals surface area contributed by atoms with E-state index in [1.165, 1.54) is 43.5 Å². The van der Waals surface area contributed by atoms with Crippen LogP contribution in [0.3, 0.4) is 0 Å². The van der Waals surface area contributed by atoms with Crippen LogP contribution in [-0.2, 0) is 6.54 Å². The van der Waals surface area contributed by atoms with Gasteiger partial charge in [-0.3, -0.25) is 0 Å². The molecule has 2 rings (SSSR count). The molecule has 1 N–H and O–H groups in total. The molecule has 5 heteroatoms. The zero-order chi connectivity index (χ0) is 14.5. The number of halogens is 2. The Balaban J connectivity index is 2.18. The summed E-state index contributed by atoms with van der Waals surface area (Å²) in [6, 6.07) is 10.2. The fourth-order valence-corrected chi connectivity index (χ4v) is 1.74. The Kier molecular flexibility index (Phi) is 4.16. The average Bonchev–Trinajstić information content (AvgIpc) is 2.48. The highest BCUT2D eigenvalue weighted by atomic mass is 19.1. The molecule has 0 aromatic heterocycles. The molecule has 0 saturated heterocycles. The minimum atomic E-state index is -0.456. The molecule has 0 heterocycles. The molecule has 0 unspecified atom stereocenters. The topological polar surface area (TPSA) is 45.0 Å². The maximum atomic E-state index is 13.6. The van der Waals surface area contributed by atoms with Crippen molar-refractivity contribution in [2.45, 2.75) is 6.54 Å². The second-order valence-electron chi connectivity index (χ2n) is 4.12. The van der Waals surface area contributed by atoms with E-state index in [0.29, 0.717) is 16.9 Å². The Morgan fingerprint density at radius 1 is 1.15 bits per heavy atom. The molecule has 0 radical (unpaired) electrons. The number of nitrogens with zero attached hydrogens (tertiary/aromatic N) is 1. The summed E-state index contributed by atoms with van der Waals surface area (Å²) < 4.78 is 32.2. The first-order valence-corrected chi connectivity index (χ1v) is 5.90. The first-order chi connectivity index (χ1) is 9.63. The van der Waals surface area contributed by atoms with Crippen LogP contribution in [0.15, 0.2) is 36.4 Å². The van der Waals surface area contributed by atoms with Crippen LogP contribution in [-0.4, -0.2) is 7.11 Å². The van der Waals surface area contributed by atoms with Crippen molar-refractivity contribution < 1.29 is 13.5 Å². The van der Waals surface area contributed by atoms with Gasteiger partial charge < -0.3 is 10.1 Å². The number of hydrogen-bond donors (Lipinski definition) is 1. The lowest BCUT2D eigenvalue weighted by Gasteiger charge is -2.10. The molecular formula is C15H12F2N2O. The lowest BCUT2D eigenvalue weighted by molar-refractivity contribution is 0.414. The number of rotatable bonds is 4. The largest absolute Gasteiger partial charge is 0.497 e. The molecule has 102 valence electrons. The Labute approximate surface area is 115 Å². The Bertz CT molecular complexity index is 665. The van der Waals surface area contributed by atoms with Crippen molar-refractivity contribution in [3.05, 3.63) is 59.2 Å². The Morgan fingerprint density at radius 3 is 2.60 bits per heavy atom. The molecule has 20 heavy (non-hydrogen) atoms. The molecule has 2 aromatic carbocycles. The molecule has 2 aromatic rings. The van der Waals surface area contributed by atoms with Gasteiger partial charge in [0.2, 0.25) is 0 Å². The van der Waals surface area contributed by atoms with Crippen LogP contribution < -0.4 is 10.1 Å². The van der Waals surface area contributed by atoms with E-state index in [9.17, 15) is 8.78 Å². The Morgan fingerprint density at radius 2 is 1.90 bits per heavy atom. The van der Waals surface area contributed by atoms with Crippen LogP contribution in [0.5, 0.6) is 5.75 Å². The van der Waals surface area contributed by atoms with Gasteiger partial charge in [0.15, 0.2) is 0 Å². The molecule has 3 nitrogen and oxygen atoms in total. The number of ether oxygens (including phenoxy) is 1. The molecule has 0 bridgehead atoms. The number of nitrogens with one attached hydrogen (secondary N) is 1. The summed E-state index contributed by atoms with van der Waals surface area (Å²) in [5, 5.41) is 11.6. The lowest BCUT2D eigenvalue weighted by atomic mass is 10.1. The highest BCUT2D eigenvalue weighted by Gasteiger charge is 2.07. The van der Waals surface area contributed by atoms with E-state index >= 15 is 0 Å². The zero-order valence-electron chi connectivity index (χ0n) is 10.8. The summed E-state index contributed by atoms with van der Waals surface area (Å²) in [4.78, 5) is 0. The maximum Gasteiger partial charge on any atom is 0.146 e. The van der Waals surface area contributed by atoms with Crippen LogP contribution >= 0.6 is 0 Å². The van der Waals surface area contributed by atoms with Crippen molar-refractivity contribution in [3.8, 4) is 11.8 Å². The van der Waals surface area contributed by atoms with E-state index in [4.69, 9.17) is 10.00 Å². The van der Waals surface area contributed by atoms with E-state index < -0.39 is 11.6 Å². The summed E-state index contributed by atoms with van der Waals surface area (Å²) in [6.07, 6.45) is 0. The predicted octanol–water partition coefficient (Wildman–Crippen LogP) is 3.46. The van der Waals surface area contributed by atoms with Crippen molar-refractivity contribution in [1.82, 2.24) is 0 Å². The van der Waals surface area contributed by atoms with Gasteiger partial charge in [-0.05, 0) is 30.3 Å². The van der Waals surface area contributed by atoms with E-state index in [2.05, 4.69) is 5.32 Å². The highest BCUT2D eigenvalue weighted by Crippen LogP contribution is 2.22. The summed E-state index contributed by atoms with van der Waals surface area (Å²) in [6.45, 7) is 0.0748. The number of benzene rings is 2. The minimum Gasteiger partial charge on any atom is -0.497 e. The van der Waals surface area contributed by atoms with Gasteiger partial charge in [-0.15, -0.1) is 0 Å². The van der Waals surface area contributed by atoms with E-state index in [1.54, 1.807) is 0 Å². The molecule has 0 amide bonds. The van der Waals surface area contributed by atoms with Crippen molar-refractivity contribution >= 4 is 5.69 Å². The number of anilines is 1. The van der Waals surface area contributed by atoms with Gasteiger partial charge in [-0.25, -0.2) is 8.78 Å². The molecule has 0 aliphatic carbocycles. The molecule has 0 aliphatic heterocycles. The van der Waals surface area contributed by atoms with Gasteiger partial charge in [0.25, 0.3) is 0 Å². The van der Waals surface area contributed by atoms with Crippen molar-refractivity contribution in [3.63, 3.8) is 0 Å². The first-order valence-electron chi connectivity index (χ1n) is 5.90. The van der Waals surface area contributed by atoms with Crippen LogP contribution in [0.2, 0.25) is 0 Å². The molecule has 0 saturated carbocycles. The minimum absolute atomic E-state index is 0.0748. The second-order valence-corrected chi connectivity index (χ2v) is 4.12. The summed E-state index contributed by atoms with van der Waals surface area (Å²) >= 11 is 0. The van der Waals surface area contributed by atoms with E-state index in [-0.39, 0.29) is 12.2 Å². The molecule has 0 atom stereocenters. The molecule has 0 spiro atoms. The van der Waals surface area contributed by atoms with Gasteiger partial charge >= 0.3 is 0 Å². The first kappa shape index (κ1) is 13.8. The van der Waals surface area contributed by atoms with Crippen molar-refractivity contribution in [1.29, 1.82) is 5.26 Å². The normalized spacial score (nSPS) is 9.90. The van der Waals surface area contributed by atoms with Gasteiger partial charge in [-0.1, -0.05) is 0 Å². The monoisotopic (exact) mass is 274 g/mol. The average molecular weight is 274 g/mol. The van der Waals surface area contributed by atoms with Crippen LogP contribution in [0.25, 0.3) is 0 Å². The van der Waals surface area contributed by atoms with Crippen molar-refractivity contribution in [2.75, 3.05) is 12.4 Å². The summed E-state index contributed by atoms with van der Waals surface area (Å²) in [5.74, 6) is -0.400. The third-order valence-corrected chi connectivity index (χ3v) is 2.82. The van der Waals surface area contributed by atoms with Gasteiger partial charge in [-0.2, -0.15) is 5.26 Å². The van der Waals surface area contributed by atoms with Gasteiger partial charge in [0.1, 0.15) is 17.4 Å². The SMILES string of the molecule is COc1ccc(F)c(NCc2cc(C#N)ccc2F)c1. The smallest absolute Gasteiger partial charge is 0.146 e. The van der Waals surface area contributed by atoms with Crippen LogP contribution in [0, 0.1) is 23.0 Å². The molecule has 0 aliphatic rings. The van der Waals surface area contributed by atoms with Gasteiger partial charge in [0.05, 0.1) is 24.4 Å². The fourth-order valence-electron chi connectivity index (χ4n) is 1.74. The number of hydrogen-bond acceptors (Lipinski definition) is 3. The molecule has 0 fully saturated rings.